The van der Waals surface area contributed by atoms with Crippen LogP contribution in [0.1, 0.15) is 30.0 Å². The highest BCUT2D eigenvalue weighted by Crippen LogP contribution is 2.30. The lowest BCUT2D eigenvalue weighted by atomic mass is 10.0. The van der Waals surface area contributed by atoms with Gasteiger partial charge < -0.3 is 10.1 Å². The third kappa shape index (κ3) is 3.57. The topological polar surface area (TPSA) is 56.4 Å². The Morgan fingerprint density at radius 2 is 2.03 bits per heavy atom. The van der Waals surface area contributed by atoms with Crippen molar-refractivity contribution in [3.8, 4) is 11.1 Å². The molecular formula is C23H24FN5O. The van der Waals surface area contributed by atoms with Gasteiger partial charge in [-0.1, -0.05) is 6.07 Å². The molecule has 4 heterocycles. The first kappa shape index (κ1) is 18.8. The zero-order valence-corrected chi connectivity index (χ0v) is 16.9. The minimum absolute atomic E-state index is 0.236. The van der Waals surface area contributed by atoms with Crippen LogP contribution in [-0.2, 0) is 11.3 Å². The van der Waals surface area contributed by atoms with E-state index in [1.807, 2.05) is 59.0 Å². The molecule has 4 aromatic rings. The van der Waals surface area contributed by atoms with Crippen LogP contribution in [0.25, 0.3) is 16.6 Å². The van der Waals surface area contributed by atoms with Gasteiger partial charge in [-0.25, -0.2) is 8.91 Å². The number of aryl methyl sites for hydroxylation is 1. The molecule has 1 aliphatic rings. The molecule has 0 amide bonds. The molecule has 1 saturated heterocycles. The highest BCUT2D eigenvalue weighted by atomic mass is 19.1. The molecule has 1 N–H and O–H groups in total. The van der Waals surface area contributed by atoms with E-state index in [9.17, 15) is 4.39 Å². The summed E-state index contributed by atoms with van der Waals surface area (Å²) in [4.78, 5) is 0. The van der Waals surface area contributed by atoms with Gasteiger partial charge >= 0.3 is 0 Å². The van der Waals surface area contributed by atoms with Gasteiger partial charge in [-0.2, -0.15) is 10.2 Å². The Labute approximate surface area is 174 Å². The first-order valence-corrected chi connectivity index (χ1v) is 10.3. The smallest absolute Gasteiger partial charge is 0.131 e. The predicted octanol–water partition coefficient (Wildman–Crippen LogP) is 4.61. The molecule has 0 radical (unpaired) electrons. The van der Waals surface area contributed by atoms with Gasteiger partial charge in [0.05, 0.1) is 24.0 Å². The van der Waals surface area contributed by atoms with E-state index < -0.39 is 0 Å². The molecule has 6 nitrogen and oxygen atoms in total. The van der Waals surface area contributed by atoms with E-state index >= 15 is 0 Å². The van der Waals surface area contributed by atoms with Crippen LogP contribution in [-0.4, -0.2) is 32.6 Å². The van der Waals surface area contributed by atoms with Crippen molar-refractivity contribution in [3.63, 3.8) is 0 Å². The second-order valence-corrected chi connectivity index (χ2v) is 7.75. The van der Waals surface area contributed by atoms with Crippen molar-refractivity contribution in [2.24, 2.45) is 0 Å². The maximum atomic E-state index is 14.8. The van der Waals surface area contributed by atoms with Crippen LogP contribution in [0.2, 0.25) is 0 Å². The van der Waals surface area contributed by atoms with E-state index in [2.05, 4.69) is 15.5 Å². The number of nitrogens with one attached hydrogen (secondary N) is 1. The van der Waals surface area contributed by atoms with Gasteiger partial charge in [0.2, 0.25) is 0 Å². The molecule has 0 saturated carbocycles. The fourth-order valence-corrected chi connectivity index (χ4v) is 4.02. The number of pyridine rings is 1. The summed E-state index contributed by atoms with van der Waals surface area (Å²) in [5.74, 6) is -0.236. The standard InChI is InChI=1S/C23H24FN5O/c1-16-10-21(24)20(18-14-27-29(15-18)19-5-8-30-9-6-19)11-22(16)25-12-17-13-26-28-7-3-2-4-23(17)28/h2-4,7,10-11,13-15,19,25H,5-6,8-9,12H2,1H3. The third-order valence-electron chi connectivity index (χ3n) is 5.77. The lowest BCUT2D eigenvalue weighted by Gasteiger charge is -2.22. The SMILES string of the molecule is Cc1cc(F)c(-c2cnn(C3CCOCC3)c2)cc1NCc1cnn2ccccc12. The average Bonchev–Trinajstić information content (AvgIpc) is 3.41. The maximum absolute atomic E-state index is 14.8. The Balaban J connectivity index is 1.39. The molecule has 0 unspecified atom stereocenters. The fraction of sp³-hybridized carbons (Fsp3) is 0.304. The number of halogens is 1. The number of benzene rings is 1. The lowest BCUT2D eigenvalue weighted by molar-refractivity contribution is 0.0662. The van der Waals surface area contributed by atoms with Crippen molar-refractivity contribution in [1.82, 2.24) is 19.4 Å². The molecule has 0 spiro atoms. The Kier molecular flexibility index (Phi) is 4.96. The molecule has 5 rings (SSSR count). The van der Waals surface area contributed by atoms with Crippen LogP contribution >= 0.6 is 0 Å². The summed E-state index contributed by atoms with van der Waals surface area (Å²) in [7, 11) is 0. The third-order valence-corrected chi connectivity index (χ3v) is 5.77. The minimum atomic E-state index is -0.236. The van der Waals surface area contributed by atoms with Crippen molar-refractivity contribution in [2.45, 2.75) is 32.4 Å². The van der Waals surface area contributed by atoms with Crippen LogP contribution in [0.5, 0.6) is 0 Å². The zero-order chi connectivity index (χ0) is 20.5. The highest BCUT2D eigenvalue weighted by Gasteiger charge is 2.18. The van der Waals surface area contributed by atoms with Crippen LogP contribution in [0.15, 0.2) is 55.1 Å². The molecule has 0 bridgehead atoms. The van der Waals surface area contributed by atoms with E-state index in [-0.39, 0.29) is 5.82 Å². The number of ether oxygens (including phenoxy) is 1. The molecule has 3 aromatic heterocycles. The largest absolute Gasteiger partial charge is 0.381 e. The predicted molar refractivity (Wildman–Crippen MR) is 114 cm³/mol. The zero-order valence-electron chi connectivity index (χ0n) is 16.9. The van der Waals surface area contributed by atoms with Crippen molar-refractivity contribution in [3.05, 3.63) is 72.1 Å². The van der Waals surface area contributed by atoms with Crippen LogP contribution in [0, 0.1) is 12.7 Å². The summed E-state index contributed by atoms with van der Waals surface area (Å²) >= 11 is 0. The number of hydrogen-bond acceptors (Lipinski definition) is 4. The molecule has 154 valence electrons. The van der Waals surface area contributed by atoms with Gasteiger partial charge in [-0.15, -0.1) is 0 Å². The second kappa shape index (κ2) is 7.91. The molecule has 1 aromatic carbocycles. The number of fused-ring (bicyclic) bond motifs is 1. The number of rotatable bonds is 5. The molecule has 1 aliphatic heterocycles. The monoisotopic (exact) mass is 405 g/mol. The van der Waals surface area contributed by atoms with E-state index in [0.717, 1.165) is 53.9 Å². The van der Waals surface area contributed by atoms with Crippen LogP contribution < -0.4 is 5.32 Å². The molecule has 0 aliphatic carbocycles. The Morgan fingerprint density at radius 1 is 1.17 bits per heavy atom. The number of hydrogen-bond donors (Lipinski definition) is 1. The van der Waals surface area contributed by atoms with Gasteiger partial charge in [-0.3, -0.25) is 4.68 Å². The quantitative estimate of drug-likeness (QED) is 0.527. The highest BCUT2D eigenvalue weighted by molar-refractivity contribution is 5.70. The summed E-state index contributed by atoms with van der Waals surface area (Å²) in [5, 5.41) is 12.3. The van der Waals surface area contributed by atoms with Crippen molar-refractivity contribution >= 4 is 11.2 Å². The molecular weight excluding hydrogens is 381 g/mol. The fourth-order valence-electron chi connectivity index (χ4n) is 4.02. The summed E-state index contributed by atoms with van der Waals surface area (Å²) in [6.45, 7) is 4.02. The summed E-state index contributed by atoms with van der Waals surface area (Å²) in [6.07, 6.45) is 9.35. The lowest BCUT2D eigenvalue weighted by Crippen LogP contribution is -2.19. The Bertz CT molecular complexity index is 1180. The minimum Gasteiger partial charge on any atom is -0.381 e. The average molecular weight is 405 g/mol. The maximum Gasteiger partial charge on any atom is 0.131 e. The van der Waals surface area contributed by atoms with E-state index in [1.165, 1.54) is 0 Å². The van der Waals surface area contributed by atoms with Gasteiger partial charge in [0.15, 0.2) is 0 Å². The number of nitrogens with zero attached hydrogens (tertiary/aromatic N) is 4. The van der Waals surface area contributed by atoms with Crippen molar-refractivity contribution in [2.75, 3.05) is 18.5 Å². The van der Waals surface area contributed by atoms with Crippen LogP contribution in [0.3, 0.4) is 0 Å². The van der Waals surface area contributed by atoms with Crippen molar-refractivity contribution in [1.29, 1.82) is 0 Å². The summed E-state index contributed by atoms with van der Waals surface area (Å²) < 4.78 is 24.0. The van der Waals surface area contributed by atoms with E-state index in [1.54, 1.807) is 12.3 Å². The molecule has 7 heteroatoms. The first-order chi connectivity index (χ1) is 14.7. The van der Waals surface area contributed by atoms with Gasteiger partial charge in [-0.05, 0) is 49.6 Å². The Morgan fingerprint density at radius 3 is 2.90 bits per heavy atom. The summed E-state index contributed by atoms with van der Waals surface area (Å²) in [5.41, 5.74) is 5.26. The second-order valence-electron chi connectivity index (χ2n) is 7.75. The molecule has 1 fully saturated rings. The Hall–Kier alpha value is -3.19. The van der Waals surface area contributed by atoms with Gasteiger partial charge in [0.25, 0.3) is 0 Å². The molecule has 30 heavy (non-hydrogen) atoms. The number of anilines is 1. The van der Waals surface area contributed by atoms with Gasteiger partial charge in [0, 0.05) is 54.5 Å². The van der Waals surface area contributed by atoms with Crippen molar-refractivity contribution < 1.29 is 9.13 Å². The van der Waals surface area contributed by atoms with Gasteiger partial charge in [0.1, 0.15) is 5.82 Å². The van der Waals surface area contributed by atoms with E-state index in [0.29, 0.717) is 18.2 Å². The van der Waals surface area contributed by atoms with E-state index in [4.69, 9.17) is 4.74 Å². The normalized spacial score (nSPS) is 15.0. The summed E-state index contributed by atoms with van der Waals surface area (Å²) in [6, 6.07) is 9.76. The molecule has 0 atom stereocenters. The van der Waals surface area contributed by atoms with Crippen LogP contribution in [0.4, 0.5) is 10.1 Å². The number of aromatic nitrogens is 4. The first-order valence-electron chi connectivity index (χ1n) is 10.3.